The number of rotatable bonds is 5. The fraction of sp³-hybridized carbons (Fsp3) is 0.387. The van der Waals surface area contributed by atoms with E-state index in [1.54, 1.807) is 6.92 Å². The molecular weight excluding hydrogens is 528 g/mol. The Balaban J connectivity index is 1.59. The second kappa shape index (κ2) is 11.1. The van der Waals surface area contributed by atoms with E-state index in [0.29, 0.717) is 48.1 Å². The first-order valence-corrected chi connectivity index (χ1v) is 13.8. The van der Waals surface area contributed by atoms with E-state index in [0.717, 1.165) is 25.8 Å². The highest BCUT2D eigenvalue weighted by molar-refractivity contribution is 6.01. The maximum absolute atomic E-state index is 16.6. The van der Waals surface area contributed by atoms with E-state index < -0.39 is 17.7 Å². The van der Waals surface area contributed by atoms with E-state index in [1.165, 1.54) is 30.3 Å². The van der Waals surface area contributed by atoms with E-state index in [1.807, 2.05) is 11.9 Å². The Labute approximate surface area is 236 Å². The van der Waals surface area contributed by atoms with Crippen molar-refractivity contribution in [3.05, 3.63) is 47.7 Å². The van der Waals surface area contributed by atoms with Gasteiger partial charge < -0.3 is 24.7 Å². The number of pyridine rings is 1. The van der Waals surface area contributed by atoms with Crippen molar-refractivity contribution in [1.82, 2.24) is 19.9 Å². The highest BCUT2D eigenvalue weighted by Gasteiger charge is 2.28. The van der Waals surface area contributed by atoms with Gasteiger partial charge in [-0.3, -0.25) is 0 Å². The maximum Gasteiger partial charge on any atom is 0.319 e. The van der Waals surface area contributed by atoms with E-state index >= 15 is 4.39 Å². The number of fused-ring (bicyclic) bond motifs is 2. The van der Waals surface area contributed by atoms with Gasteiger partial charge in [0, 0.05) is 24.7 Å². The molecule has 10 heteroatoms. The van der Waals surface area contributed by atoms with Gasteiger partial charge in [-0.15, -0.1) is 0 Å². The predicted octanol–water partition coefficient (Wildman–Crippen LogP) is 4.63. The van der Waals surface area contributed by atoms with Crippen LogP contribution in [-0.4, -0.2) is 75.5 Å². The number of ether oxygens (including phenoxy) is 1. The first-order valence-electron chi connectivity index (χ1n) is 13.8. The van der Waals surface area contributed by atoms with Crippen LogP contribution in [0, 0.1) is 23.5 Å². The van der Waals surface area contributed by atoms with Crippen molar-refractivity contribution in [2.75, 3.05) is 38.2 Å². The van der Waals surface area contributed by atoms with Gasteiger partial charge in [-0.05, 0) is 87.2 Å². The number of hydrogen-bond donors (Lipinski definition) is 2. The number of β-amino-alcohol motifs (C(OH)–C–C–N with tert-alkyl or cyclic N) is 1. The number of likely N-dealkylation sites (tertiary alicyclic amines) is 1. The van der Waals surface area contributed by atoms with Crippen molar-refractivity contribution in [3.8, 4) is 34.9 Å². The molecule has 0 saturated carbocycles. The molecule has 2 aromatic carbocycles. The third-order valence-corrected chi connectivity index (χ3v) is 7.92. The van der Waals surface area contributed by atoms with Gasteiger partial charge in [0.25, 0.3) is 0 Å². The molecular formula is C31H31F2N5O3. The van der Waals surface area contributed by atoms with Crippen molar-refractivity contribution < 1.29 is 23.7 Å². The average Bonchev–Trinajstić information content (AvgIpc) is 3.37. The lowest BCUT2D eigenvalue weighted by molar-refractivity contribution is 0.153. The zero-order valence-electron chi connectivity index (χ0n) is 23.0. The van der Waals surface area contributed by atoms with E-state index in [-0.39, 0.29) is 40.3 Å². The number of aliphatic hydroxyl groups is 1. The van der Waals surface area contributed by atoms with Crippen molar-refractivity contribution in [2.45, 2.75) is 44.8 Å². The second-order valence-electron chi connectivity index (χ2n) is 10.7. The molecule has 4 heterocycles. The van der Waals surface area contributed by atoms with Crippen LogP contribution in [0.1, 0.15) is 38.3 Å². The summed E-state index contributed by atoms with van der Waals surface area (Å²) in [7, 11) is 2.04. The molecule has 0 bridgehead atoms. The Morgan fingerprint density at radius 1 is 1.07 bits per heavy atom. The third kappa shape index (κ3) is 5.23. The van der Waals surface area contributed by atoms with Crippen LogP contribution in [-0.2, 0) is 0 Å². The molecule has 2 atom stereocenters. The molecule has 0 spiro atoms. The first-order chi connectivity index (χ1) is 19.8. The van der Waals surface area contributed by atoms with Gasteiger partial charge >= 0.3 is 6.01 Å². The molecule has 0 amide bonds. The van der Waals surface area contributed by atoms with Crippen LogP contribution in [0.2, 0.25) is 0 Å². The number of aromatic hydroxyl groups is 1. The average molecular weight is 560 g/mol. The molecule has 2 aliphatic heterocycles. The molecule has 0 radical (unpaired) electrons. The number of anilines is 1. The molecule has 2 fully saturated rings. The largest absolute Gasteiger partial charge is 0.508 e. The van der Waals surface area contributed by atoms with Gasteiger partial charge in [0.1, 0.15) is 40.9 Å². The molecule has 2 N–H and O–H groups in total. The predicted molar refractivity (Wildman–Crippen MR) is 153 cm³/mol. The van der Waals surface area contributed by atoms with Crippen LogP contribution in [0.3, 0.4) is 0 Å². The van der Waals surface area contributed by atoms with Crippen LogP contribution in [0.25, 0.3) is 32.9 Å². The monoisotopic (exact) mass is 559 g/mol. The van der Waals surface area contributed by atoms with Crippen LogP contribution in [0.15, 0.2) is 30.3 Å². The van der Waals surface area contributed by atoms with Crippen molar-refractivity contribution in [3.63, 3.8) is 0 Å². The lowest BCUT2D eigenvalue weighted by Crippen LogP contribution is -2.39. The zero-order chi connectivity index (χ0) is 28.7. The topological polar surface area (TPSA) is 94.8 Å². The molecule has 2 saturated heterocycles. The summed E-state index contributed by atoms with van der Waals surface area (Å²) >= 11 is 0. The number of likely N-dealkylation sites (N-methyl/N-ethyl adjacent to an activating group) is 1. The van der Waals surface area contributed by atoms with Crippen LogP contribution < -0.4 is 9.64 Å². The van der Waals surface area contributed by atoms with E-state index in [2.05, 4.69) is 26.7 Å². The molecule has 8 nitrogen and oxygen atoms in total. The molecule has 212 valence electrons. The summed E-state index contributed by atoms with van der Waals surface area (Å²) < 4.78 is 37.0. The summed E-state index contributed by atoms with van der Waals surface area (Å²) in [6.07, 6.45) is 2.89. The quantitative estimate of drug-likeness (QED) is 0.342. The molecule has 6 rings (SSSR count). The maximum atomic E-state index is 16.6. The fourth-order valence-corrected chi connectivity index (χ4v) is 5.83. The third-order valence-electron chi connectivity index (χ3n) is 7.92. The van der Waals surface area contributed by atoms with Gasteiger partial charge in [-0.25, -0.2) is 13.8 Å². The number of halogens is 2. The minimum Gasteiger partial charge on any atom is -0.508 e. The molecule has 4 aromatic rings. The van der Waals surface area contributed by atoms with E-state index in [4.69, 9.17) is 9.72 Å². The normalized spacial score (nSPS) is 19.5. The van der Waals surface area contributed by atoms with E-state index in [9.17, 15) is 14.6 Å². The number of phenols is 1. The number of nitrogens with zero attached hydrogens (tertiary/aromatic N) is 5. The fourth-order valence-electron chi connectivity index (χ4n) is 5.83. The van der Waals surface area contributed by atoms with Crippen LogP contribution >= 0.6 is 0 Å². The Kier molecular flexibility index (Phi) is 7.32. The van der Waals surface area contributed by atoms with Gasteiger partial charge in [0.05, 0.1) is 11.5 Å². The summed E-state index contributed by atoms with van der Waals surface area (Å²) in [6, 6.07) is 7.15. The minimum atomic E-state index is -0.762. The SMILES string of the molecule is CC#Cc1nc(-c2cc(O)cc3ccc(F)cc23)c(F)c2nc(OC[C@@H]3CCCN3C)nc(N3CCC[C@@H](O)C3)c12. The van der Waals surface area contributed by atoms with Crippen molar-refractivity contribution >= 4 is 27.5 Å². The molecule has 2 aromatic heterocycles. The number of aliphatic hydroxyl groups excluding tert-OH is 1. The summed E-state index contributed by atoms with van der Waals surface area (Å²) in [6.45, 7) is 3.89. The van der Waals surface area contributed by atoms with Crippen LogP contribution in [0.4, 0.5) is 14.6 Å². The lowest BCUT2D eigenvalue weighted by atomic mass is 9.99. The number of hydrogen-bond acceptors (Lipinski definition) is 8. The highest BCUT2D eigenvalue weighted by atomic mass is 19.1. The molecule has 0 aliphatic carbocycles. The number of piperidine rings is 1. The summed E-state index contributed by atoms with van der Waals surface area (Å²) in [5.74, 6) is 4.84. The zero-order valence-corrected chi connectivity index (χ0v) is 23.0. The number of aromatic nitrogens is 3. The Hall–Kier alpha value is -4.07. The Morgan fingerprint density at radius 2 is 1.90 bits per heavy atom. The summed E-state index contributed by atoms with van der Waals surface area (Å²) in [5.41, 5.74) is 0.289. The minimum absolute atomic E-state index is 0.0196. The Morgan fingerprint density at radius 3 is 2.66 bits per heavy atom. The van der Waals surface area contributed by atoms with Crippen molar-refractivity contribution in [2.24, 2.45) is 0 Å². The lowest BCUT2D eigenvalue weighted by Gasteiger charge is -2.32. The molecule has 2 aliphatic rings. The highest BCUT2D eigenvalue weighted by Crippen LogP contribution is 2.39. The van der Waals surface area contributed by atoms with Gasteiger partial charge in [-0.1, -0.05) is 12.0 Å². The van der Waals surface area contributed by atoms with Gasteiger partial charge in [0.15, 0.2) is 5.82 Å². The first kappa shape index (κ1) is 27.1. The number of phenolic OH excluding ortho intramolecular Hbond substituents is 1. The summed E-state index contributed by atoms with van der Waals surface area (Å²) in [5, 5.41) is 22.1. The van der Waals surface area contributed by atoms with Gasteiger partial charge in [-0.2, -0.15) is 9.97 Å². The van der Waals surface area contributed by atoms with Crippen molar-refractivity contribution in [1.29, 1.82) is 0 Å². The molecule has 0 unspecified atom stereocenters. The van der Waals surface area contributed by atoms with Crippen LogP contribution in [0.5, 0.6) is 11.8 Å². The smallest absolute Gasteiger partial charge is 0.319 e. The summed E-state index contributed by atoms with van der Waals surface area (Å²) in [4.78, 5) is 17.9. The second-order valence-corrected chi connectivity index (χ2v) is 10.7. The Bertz CT molecular complexity index is 1700. The van der Waals surface area contributed by atoms with Gasteiger partial charge in [0.2, 0.25) is 0 Å². The standard InChI is InChI=1S/C31H31F2N5O3/c1-3-6-25-26-29(27(33)28(34-25)24-15-22(40)13-18-9-10-19(32)14-23(18)24)35-31(41-17-20-7-4-11-37(20)2)36-30(26)38-12-5-8-21(39)16-38/h9-10,13-15,20-21,39-40H,4-5,7-8,11-12,16-17H2,1-2H3/t20-,21+/m0/s1. The number of benzene rings is 2. The molecule has 41 heavy (non-hydrogen) atoms.